The zero-order chi connectivity index (χ0) is 20.1. The predicted molar refractivity (Wildman–Crippen MR) is 109 cm³/mol. The Morgan fingerprint density at radius 1 is 1.14 bits per heavy atom. The van der Waals surface area contributed by atoms with Crippen molar-refractivity contribution in [3.63, 3.8) is 0 Å². The number of aryl methyl sites for hydroxylation is 1. The van der Waals surface area contributed by atoms with Crippen LogP contribution in [0.2, 0.25) is 0 Å². The van der Waals surface area contributed by atoms with Crippen LogP contribution in [-0.4, -0.2) is 20.7 Å². The van der Waals surface area contributed by atoms with Gasteiger partial charge in [0, 0.05) is 17.9 Å². The van der Waals surface area contributed by atoms with E-state index < -0.39 is 0 Å². The summed E-state index contributed by atoms with van der Waals surface area (Å²) in [6, 6.07) is 14.2. The number of hydrogen-bond acceptors (Lipinski definition) is 4. The first-order valence-electron chi connectivity index (χ1n) is 9.17. The maximum Gasteiger partial charge on any atom is 0.220 e. The summed E-state index contributed by atoms with van der Waals surface area (Å²) in [4.78, 5) is 11.8. The maximum absolute atomic E-state index is 13.1. The first kappa shape index (κ1) is 20.1. The molecule has 1 aromatic heterocycles. The smallest absolute Gasteiger partial charge is 0.220 e. The highest BCUT2D eigenvalue weighted by atomic mass is 32.2. The van der Waals surface area contributed by atoms with Crippen LogP contribution in [0.25, 0.3) is 5.69 Å². The lowest BCUT2D eigenvalue weighted by Gasteiger charge is -2.16. The van der Waals surface area contributed by atoms with Crippen molar-refractivity contribution < 1.29 is 9.18 Å². The summed E-state index contributed by atoms with van der Waals surface area (Å²) in [5.74, 6) is 1.03. The zero-order valence-corrected chi connectivity index (χ0v) is 17.0. The van der Waals surface area contributed by atoms with Gasteiger partial charge in [0.05, 0.1) is 6.04 Å². The predicted octanol–water partition coefficient (Wildman–Crippen LogP) is 4.59. The fourth-order valence-corrected chi connectivity index (χ4v) is 3.64. The van der Waals surface area contributed by atoms with E-state index in [1.54, 1.807) is 12.1 Å². The summed E-state index contributed by atoms with van der Waals surface area (Å²) in [6.07, 6.45) is 0.412. The van der Waals surface area contributed by atoms with Gasteiger partial charge in [-0.15, -0.1) is 10.2 Å². The lowest BCUT2D eigenvalue weighted by Crippen LogP contribution is -2.27. The van der Waals surface area contributed by atoms with E-state index in [1.807, 2.05) is 49.6 Å². The van der Waals surface area contributed by atoms with Gasteiger partial charge in [0.15, 0.2) is 11.0 Å². The van der Waals surface area contributed by atoms with Crippen molar-refractivity contribution >= 4 is 17.7 Å². The van der Waals surface area contributed by atoms with E-state index in [-0.39, 0.29) is 17.8 Å². The average Bonchev–Trinajstić information content (AvgIpc) is 3.12. The molecule has 0 spiro atoms. The van der Waals surface area contributed by atoms with Gasteiger partial charge in [-0.05, 0) is 43.7 Å². The molecule has 2 aromatic carbocycles. The maximum atomic E-state index is 13.1. The lowest BCUT2D eigenvalue weighted by molar-refractivity contribution is -0.121. The molecule has 3 rings (SSSR count). The van der Waals surface area contributed by atoms with Crippen molar-refractivity contribution in [1.29, 1.82) is 0 Å². The first-order valence-corrected chi connectivity index (χ1v) is 10.2. The molecule has 0 radical (unpaired) electrons. The quantitative estimate of drug-likeness (QED) is 0.591. The molecule has 0 fully saturated rings. The summed E-state index contributed by atoms with van der Waals surface area (Å²) < 4.78 is 15.1. The minimum atomic E-state index is -0.276. The molecule has 1 N–H and O–H groups in total. The van der Waals surface area contributed by atoms with Crippen LogP contribution in [0.15, 0.2) is 53.7 Å². The number of carbonyl (C=O) groups excluding carboxylic acids is 1. The van der Waals surface area contributed by atoms with Gasteiger partial charge in [-0.25, -0.2) is 4.39 Å². The standard InChI is InChI=1S/C21H23FN4OS/c1-4-19(27)23-15(3)20-24-25-21(26(20)18-11-5-14(2)6-12-18)28-13-16-7-9-17(22)10-8-16/h5-12,15H,4,13H2,1-3H3,(H,23,27)/t15-/m0/s1. The van der Waals surface area contributed by atoms with Crippen LogP contribution in [0, 0.1) is 12.7 Å². The molecule has 28 heavy (non-hydrogen) atoms. The summed E-state index contributed by atoms with van der Waals surface area (Å²) >= 11 is 1.52. The number of nitrogens with one attached hydrogen (secondary N) is 1. The van der Waals surface area contributed by atoms with Gasteiger partial charge in [-0.2, -0.15) is 0 Å². The minimum absolute atomic E-state index is 0.0357. The van der Waals surface area contributed by atoms with Crippen molar-refractivity contribution in [3.8, 4) is 5.69 Å². The number of benzene rings is 2. The molecular formula is C21H23FN4OS. The zero-order valence-electron chi connectivity index (χ0n) is 16.1. The highest BCUT2D eigenvalue weighted by Crippen LogP contribution is 2.27. The Kier molecular flexibility index (Phi) is 6.46. The number of halogens is 1. The van der Waals surface area contributed by atoms with Crippen molar-refractivity contribution in [3.05, 3.63) is 71.3 Å². The molecule has 0 aliphatic carbocycles. The van der Waals surface area contributed by atoms with Crippen LogP contribution >= 0.6 is 11.8 Å². The molecule has 0 bridgehead atoms. The number of hydrogen-bond donors (Lipinski definition) is 1. The Hall–Kier alpha value is -2.67. The number of aromatic nitrogens is 3. The first-order chi connectivity index (χ1) is 13.5. The molecular weight excluding hydrogens is 375 g/mol. The molecule has 1 amide bonds. The number of thioether (sulfide) groups is 1. The lowest BCUT2D eigenvalue weighted by atomic mass is 10.2. The molecule has 3 aromatic rings. The van der Waals surface area contributed by atoms with Gasteiger partial charge in [0.2, 0.25) is 5.91 Å². The van der Waals surface area contributed by atoms with Gasteiger partial charge >= 0.3 is 0 Å². The molecule has 0 aliphatic heterocycles. The Morgan fingerprint density at radius 3 is 2.46 bits per heavy atom. The monoisotopic (exact) mass is 398 g/mol. The van der Waals surface area contributed by atoms with E-state index in [2.05, 4.69) is 15.5 Å². The van der Waals surface area contributed by atoms with Crippen LogP contribution in [0.5, 0.6) is 0 Å². The molecule has 0 unspecified atom stereocenters. The van der Waals surface area contributed by atoms with Crippen molar-refractivity contribution in [2.75, 3.05) is 0 Å². The van der Waals surface area contributed by atoms with E-state index in [0.717, 1.165) is 22.0 Å². The fraction of sp³-hybridized carbons (Fsp3) is 0.286. The highest BCUT2D eigenvalue weighted by Gasteiger charge is 2.20. The van der Waals surface area contributed by atoms with Crippen LogP contribution in [0.4, 0.5) is 4.39 Å². The van der Waals surface area contributed by atoms with Crippen molar-refractivity contribution in [2.45, 2.75) is 44.1 Å². The summed E-state index contributed by atoms with van der Waals surface area (Å²) in [6.45, 7) is 5.75. The molecule has 0 aliphatic rings. The third-order valence-corrected chi connectivity index (χ3v) is 5.32. The van der Waals surface area contributed by atoms with Gasteiger partial charge in [-0.1, -0.05) is 48.5 Å². The largest absolute Gasteiger partial charge is 0.346 e. The number of carbonyl (C=O) groups is 1. The Labute approximate surface area is 168 Å². The Morgan fingerprint density at radius 2 is 1.82 bits per heavy atom. The molecule has 7 heteroatoms. The SMILES string of the molecule is CCC(=O)N[C@@H](C)c1nnc(SCc2ccc(F)cc2)n1-c1ccc(C)cc1. The summed E-state index contributed by atoms with van der Waals surface area (Å²) in [5.41, 5.74) is 3.09. The van der Waals surface area contributed by atoms with E-state index in [0.29, 0.717) is 18.0 Å². The molecule has 5 nitrogen and oxygen atoms in total. The second-order valence-electron chi connectivity index (χ2n) is 6.57. The van der Waals surface area contributed by atoms with Crippen molar-refractivity contribution in [1.82, 2.24) is 20.1 Å². The molecule has 1 atom stereocenters. The Bertz CT molecular complexity index is 938. The van der Waals surface area contributed by atoms with Crippen LogP contribution in [0.3, 0.4) is 0 Å². The number of amides is 1. The molecule has 1 heterocycles. The molecule has 0 saturated heterocycles. The van der Waals surface area contributed by atoms with Crippen molar-refractivity contribution in [2.24, 2.45) is 0 Å². The highest BCUT2D eigenvalue weighted by molar-refractivity contribution is 7.98. The van der Waals surface area contributed by atoms with Crippen LogP contribution in [0.1, 0.15) is 43.3 Å². The second-order valence-corrected chi connectivity index (χ2v) is 7.51. The average molecular weight is 399 g/mol. The molecule has 0 saturated carbocycles. The van der Waals surface area contributed by atoms with Gasteiger partial charge in [0.1, 0.15) is 5.82 Å². The number of nitrogens with zero attached hydrogens (tertiary/aromatic N) is 3. The van der Waals surface area contributed by atoms with Gasteiger partial charge < -0.3 is 5.32 Å². The minimum Gasteiger partial charge on any atom is -0.346 e. The third kappa shape index (κ3) is 4.78. The van der Waals surface area contributed by atoms with E-state index in [9.17, 15) is 9.18 Å². The van der Waals surface area contributed by atoms with E-state index in [1.165, 1.54) is 23.9 Å². The molecule has 146 valence electrons. The topological polar surface area (TPSA) is 59.8 Å². The Balaban J connectivity index is 1.91. The fourth-order valence-electron chi connectivity index (χ4n) is 2.73. The van der Waals surface area contributed by atoms with Gasteiger partial charge in [-0.3, -0.25) is 9.36 Å². The van der Waals surface area contributed by atoms with Crippen LogP contribution < -0.4 is 5.32 Å². The summed E-state index contributed by atoms with van der Waals surface area (Å²) in [7, 11) is 0. The van der Waals surface area contributed by atoms with E-state index >= 15 is 0 Å². The normalized spacial score (nSPS) is 12.0. The van der Waals surface area contributed by atoms with Crippen LogP contribution in [-0.2, 0) is 10.5 Å². The number of rotatable bonds is 7. The third-order valence-electron chi connectivity index (χ3n) is 4.32. The van der Waals surface area contributed by atoms with E-state index in [4.69, 9.17) is 0 Å². The van der Waals surface area contributed by atoms with Gasteiger partial charge in [0.25, 0.3) is 0 Å². The summed E-state index contributed by atoms with van der Waals surface area (Å²) in [5, 5.41) is 12.4. The second kappa shape index (κ2) is 9.01.